The highest BCUT2D eigenvalue weighted by Crippen LogP contribution is 2.67. The normalized spacial score (nSPS) is 41.7. The first-order valence-electron chi connectivity index (χ1n) is 13.4. The number of carbonyl (C=O) groups is 1. The number of nitrogens with zero attached hydrogens (tertiary/aromatic N) is 3. The van der Waals surface area contributed by atoms with Crippen molar-refractivity contribution in [2.45, 2.75) is 85.1 Å². The van der Waals surface area contributed by atoms with E-state index in [4.69, 9.17) is 0 Å². The quantitative estimate of drug-likeness (QED) is 0.511. The van der Waals surface area contributed by atoms with Gasteiger partial charge in [-0.15, -0.1) is 5.10 Å². The van der Waals surface area contributed by atoms with Gasteiger partial charge in [0.05, 0.1) is 5.52 Å². The van der Waals surface area contributed by atoms with Crippen LogP contribution in [0.4, 0.5) is 8.78 Å². The smallest absolute Gasteiger partial charge is 0.188 e. The highest BCUT2D eigenvalue weighted by Gasteiger charge is 2.60. The van der Waals surface area contributed by atoms with Crippen LogP contribution in [-0.4, -0.2) is 20.8 Å². The molecule has 4 nitrogen and oxygen atoms in total. The molecule has 2 aromatic rings. The Morgan fingerprint density at radius 2 is 1.79 bits per heavy atom. The van der Waals surface area contributed by atoms with E-state index in [0.29, 0.717) is 16.8 Å². The second-order valence-corrected chi connectivity index (χ2v) is 12.7. The minimum atomic E-state index is -0.997. The molecule has 184 valence electrons. The standard InChI is InChI=1S/C28H37F2N3O/c1-16-10-12-27(2)17(14-16)4-5-18-19-6-7-21(28(19,3)13-11-20(18)27)24(34)15-33-23-9-8-22(29)25(30)26(23)31-32-33/h8-9,16-21H,4-7,10-15H2,1-3H3/t16?,17?,18?,19?,20?,21-,27?,28?/m1/s1. The Kier molecular flexibility index (Phi) is 5.20. The second kappa shape index (κ2) is 7.83. The van der Waals surface area contributed by atoms with Crippen LogP contribution in [-0.2, 0) is 11.3 Å². The van der Waals surface area contributed by atoms with Crippen LogP contribution >= 0.6 is 0 Å². The van der Waals surface area contributed by atoms with E-state index in [2.05, 4.69) is 31.1 Å². The van der Waals surface area contributed by atoms with Crippen LogP contribution in [0.15, 0.2) is 12.1 Å². The summed E-state index contributed by atoms with van der Waals surface area (Å²) in [6, 6.07) is 2.55. The molecule has 34 heavy (non-hydrogen) atoms. The molecule has 4 aliphatic carbocycles. The van der Waals surface area contributed by atoms with Gasteiger partial charge >= 0.3 is 0 Å². The molecule has 4 aliphatic rings. The molecule has 0 spiro atoms. The summed E-state index contributed by atoms with van der Waals surface area (Å²) in [5.74, 6) is 2.18. The SMILES string of the molecule is CC1CCC2(C)C(CCC3C2CCC2(C)C3CC[C@@H]2C(=O)Cn2nnc3c(F)c(F)ccc32)C1. The average Bonchev–Trinajstić information content (AvgIpc) is 3.37. The molecule has 0 bridgehead atoms. The molecule has 7 unspecified atom stereocenters. The fourth-order valence-corrected chi connectivity index (χ4v) is 9.36. The Morgan fingerprint density at radius 1 is 1.03 bits per heavy atom. The molecule has 0 N–H and O–H groups in total. The van der Waals surface area contributed by atoms with Crippen LogP contribution in [0.25, 0.3) is 11.0 Å². The summed E-state index contributed by atoms with van der Waals surface area (Å²) < 4.78 is 29.1. The third-order valence-corrected chi connectivity index (χ3v) is 11.2. The van der Waals surface area contributed by atoms with E-state index in [9.17, 15) is 13.6 Å². The van der Waals surface area contributed by atoms with Crippen molar-refractivity contribution in [2.75, 3.05) is 0 Å². The maximum Gasteiger partial charge on any atom is 0.188 e. The number of carbonyl (C=O) groups excluding carboxylic acids is 1. The Morgan fingerprint density at radius 3 is 2.62 bits per heavy atom. The van der Waals surface area contributed by atoms with Crippen molar-refractivity contribution in [3.8, 4) is 0 Å². The number of benzene rings is 1. The molecule has 0 saturated heterocycles. The molecule has 0 radical (unpaired) electrons. The van der Waals surface area contributed by atoms with Gasteiger partial charge in [0.15, 0.2) is 22.9 Å². The van der Waals surface area contributed by atoms with Crippen molar-refractivity contribution in [2.24, 2.45) is 46.3 Å². The van der Waals surface area contributed by atoms with Crippen molar-refractivity contribution < 1.29 is 13.6 Å². The zero-order chi connectivity index (χ0) is 23.8. The van der Waals surface area contributed by atoms with Gasteiger partial charge in [-0.1, -0.05) is 32.4 Å². The minimum absolute atomic E-state index is 0.0138. The molecule has 0 amide bonds. The van der Waals surface area contributed by atoms with E-state index in [-0.39, 0.29) is 29.2 Å². The van der Waals surface area contributed by atoms with E-state index in [1.807, 2.05) is 0 Å². The van der Waals surface area contributed by atoms with Crippen LogP contribution in [0, 0.1) is 58.0 Å². The van der Waals surface area contributed by atoms with Crippen LogP contribution < -0.4 is 0 Å². The lowest BCUT2D eigenvalue weighted by Crippen LogP contribution is -2.53. The minimum Gasteiger partial charge on any atom is -0.297 e. The predicted molar refractivity (Wildman–Crippen MR) is 127 cm³/mol. The monoisotopic (exact) mass is 469 g/mol. The summed E-state index contributed by atoms with van der Waals surface area (Å²) in [5.41, 5.74) is 0.804. The van der Waals surface area contributed by atoms with Crippen LogP contribution in [0.2, 0.25) is 0 Å². The van der Waals surface area contributed by atoms with E-state index in [0.717, 1.165) is 49.0 Å². The molecule has 4 fully saturated rings. The predicted octanol–water partition coefficient (Wildman–Crippen LogP) is 6.57. The number of hydrogen-bond acceptors (Lipinski definition) is 3. The molecule has 8 atom stereocenters. The molecule has 1 heterocycles. The molecule has 1 aromatic heterocycles. The van der Waals surface area contributed by atoms with Crippen molar-refractivity contribution in [1.29, 1.82) is 0 Å². The molecular weight excluding hydrogens is 432 g/mol. The molecule has 1 aromatic carbocycles. The topological polar surface area (TPSA) is 47.8 Å². The van der Waals surface area contributed by atoms with Crippen LogP contribution in [0.3, 0.4) is 0 Å². The van der Waals surface area contributed by atoms with Gasteiger partial charge in [0.1, 0.15) is 6.54 Å². The van der Waals surface area contributed by atoms with Gasteiger partial charge in [-0.2, -0.15) is 0 Å². The number of aromatic nitrogens is 3. The third kappa shape index (κ3) is 3.15. The summed E-state index contributed by atoms with van der Waals surface area (Å²) in [7, 11) is 0. The fraction of sp³-hybridized carbons (Fsp3) is 0.750. The van der Waals surface area contributed by atoms with Crippen LogP contribution in [0.1, 0.15) is 78.6 Å². The van der Waals surface area contributed by atoms with Gasteiger partial charge in [0.25, 0.3) is 0 Å². The first-order valence-corrected chi connectivity index (χ1v) is 13.4. The van der Waals surface area contributed by atoms with E-state index < -0.39 is 11.6 Å². The average molecular weight is 470 g/mol. The summed E-state index contributed by atoms with van der Waals surface area (Å²) in [6.45, 7) is 7.48. The van der Waals surface area contributed by atoms with E-state index in [1.54, 1.807) is 0 Å². The Hall–Kier alpha value is -1.85. The first-order chi connectivity index (χ1) is 16.2. The molecule has 0 aliphatic heterocycles. The van der Waals surface area contributed by atoms with Gasteiger partial charge < -0.3 is 0 Å². The molecule has 6 rings (SSSR count). The maximum atomic E-state index is 14.1. The van der Waals surface area contributed by atoms with Crippen molar-refractivity contribution in [1.82, 2.24) is 15.0 Å². The van der Waals surface area contributed by atoms with Gasteiger partial charge in [0.2, 0.25) is 0 Å². The number of Topliss-reactive ketones (excluding diaryl/α,β-unsaturated/α-hetero) is 1. The number of fused-ring (bicyclic) bond motifs is 6. The van der Waals surface area contributed by atoms with E-state index >= 15 is 0 Å². The zero-order valence-corrected chi connectivity index (χ0v) is 20.7. The Balaban J connectivity index is 1.22. The Bertz CT molecular complexity index is 1130. The molecule has 6 heteroatoms. The third-order valence-electron chi connectivity index (χ3n) is 11.2. The maximum absolute atomic E-state index is 14.1. The number of hydrogen-bond donors (Lipinski definition) is 0. The number of ketones is 1. The van der Waals surface area contributed by atoms with Gasteiger partial charge in [-0.3, -0.25) is 4.79 Å². The highest BCUT2D eigenvalue weighted by molar-refractivity contribution is 5.84. The van der Waals surface area contributed by atoms with Crippen molar-refractivity contribution >= 4 is 16.8 Å². The van der Waals surface area contributed by atoms with Gasteiger partial charge in [-0.05, 0) is 104 Å². The summed E-state index contributed by atoms with van der Waals surface area (Å²) in [6.07, 6.45) is 11.3. The summed E-state index contributed by atoms with van der Waals surface area (Å²) >= 11 is 0. The van der Waals surface area contributed by atoms with Gasteiger partial charge in [-0.25, -0.2) is 13.5 Å². The summed E-state index contributed by atoms with van der Waals surface area (Å²) in [5, 5.41) is 7.81. The fourth-order valence-electron chi connectivity index (χ4n) is 9.36. The molecular formula is C28H37F2N3O. The lowest BCUT2D eigenvalue weighted by atomic mass is 9.44. The van der Waals surface area contributed by atoms with E-state index in [1.165, 1.54) is 49.3 Å². The highest BCUT2D eigenvalue weighted by atomic mass is 19.2. The number of rotatable bonds is 3. The summed E-state index contributed by atoms with van der Waals surface area (Å²) in [4.78, 5) is 13.6. The van der Waals surface area contributed by atoms with Crippen LogP contribution in [0.5, 0.6) is 0 Å². The van der Waals surface area contributed by atoms with Crippen molar-refractivity contribution in [3.05, 3.63) is 23.8 Å². The second-order valence-electron chi connectivity index (χ2n) is 12.7. The molecule has 4 saturated carbocycles. The lowest BCUT2D eigenvalue weighted by molar-refractivity contribution is -0.137. The van der Waals surface area contributed by atoms with Crippen molar-refractivity contribution in [3.63, 3.8) is 0 Å². The lowest BCUT2D eigenvalue weighted by Gasteiger charge is -2.61. The Labute approximate surface area is 200 Å². The van der Waals surface area contributed by atoms with Gasteiger partial charge in [0, 0.05) is 5.92 Å². The largest absolute Gasteiger partial charge is 0.297 e. The zero-order valence-electron chi connectivity index (χ0n) is 20.7. The number of halogens is 2. The first kappa shape index (κ1) is 22.6.